The van der Waals surface area contributed by atoms with Crippen LogP contribution in [0.3, 0.4) is 0 Å². The average Bonchev–Trinajstić information content (AvgIpc) is 3.39. The number of halogens is 3. The van der Waals surface area contributed by atoms with E-state index in [4.69, 9.17) is 4.74 Å². The number of alkyl halides is 3. The molecule has 8 atom stereocenters. The van der Waals surface area contributed by atoms with Gasteiger partial charge < -0.3 is 19.9 Å². The summed E-state index contributed by atoms with van der Waals surface area (Å²) in [7, 11) is 0. The topological polar surface area (TPSA) is 99.6 Å². The van der Waals surface area contributed by atoms with Crippen LogP contribution in [-0.2, 0) is 15.7 Å². The van der Waals surface area contributed by atoms with Crippen molar-refractivity contribution >= 4 is 5.78 Å². The highest BCUT2D eigenvalue weighted by atomic mass is 19.4. The quantitative estimate of drug-likeness (QED) is 0.622. The van der Waals surface area contributed by atoms with Crippen LogP contribution in [-0.4, -0.2) is 45.4 Å². The van der Waals surface area contributed by atoms with Crippen LogP contribution in [0.4, 0.5) is 13.2 Å². The van der Waals surface area contributed by atoms with E-state index in [2.05, 4.69) is 6.08 Å². The fraction of sp³-hybridized carbons (Fsp3) is 0.636. The summed E-state index contributed by atoms with van der Waals surface area (Å²) in [4.78, 5) is 24.7. The number of aromatic amines is 1. The molecule has 1 saturated heterocycles. The molecule has 170 valence electrons. The zero-order valence-electron chi connectivity index (χ0n) is 17.0. The van der Waals surface area contributed by atoms with E-state index in [1.165, 1.54) is 19.3 Å². The molecule has 9 heteroatoms. The van der Waals surface area contributed by atoms with Crippen LogP contribution in [0.15, 0.2) is 34.6 Å². The summed E-state index contributed by atoms with van der Waals surface area (Å²) in [6.45, 7) is 1.75. The Hall–Kier alpha value is -1.97. The second-order valence-electron chi connectivity index (χ2n) is 8.97. The molecule has 4 aliphatic rings. The molecule has 2 heterocycles. The number of H-pyrrole nitrogens is 1. The number of Topliss-reactive ketones (excluding diaryl/α,β-unsaturated/α-hetero) is 1. The van der Waals surface area contributed by atoms with Crippen molar-refractivity contribution in [3.05, 3.63) is 45.9 Å². The lowest BCUT2D eigenvalue weighted by atomic mass is 9.80. The molecule has 2 bridgehead atoms. The van der Waals surface area contributed by atoms with Gasteiger partial charge in [-0.25, -0.2) is 0 Å². The third kappa shape index (κ3) is 4.23. The highest BCUT2D eigenvalue weighted by Gasteiger charge is 2.55. The van der Waals surface area contributed by atoms with Gasteiger partial charge in [0.25, 0.3) is 0 Å². The molecule has 1 aliphatic heterocycles. The van der Waals surface area contributed by atoms with Gasteiger partial charge in [0.1, 0.15) is 11.8 Å². The minimum atomic E-state index is -4.47. The van der Waals surface area contributed by atoms with E-state index in [9.17, 15) is 33.0 Å². The molecule has 3 fully saturated rings. The number of fused-ring (bicyclic) bond motifs is 5. The molecule has 0 amide bonds. The van der Waals surface area contributed by atoms with Crippen molar-refractivity contribution in [1.82, 2.24) is 4.98 Å². The summed E-state index contributed by atoms with van der Waals surface area (Å²) < 4.78 is 41.2. The van der Waals surface area contributed by atoms with Gasteiger partial charge in [-0.15, -0.1) is 0 Å². The Morgan fingerprint density at radius 2 is 1.81 bits per heavy atom. The van der Waals surface area contributed by atoms with E-state index >= 15 is 0 Å². The Balaban J connectivity index is 0.000000180. The highest BCUT2D eigenvalue weighted by Crippen LogP contribution is 2.57. The summed E-state index contributed by atoms with van der Waals surface area (Å²) >= 11 is 0. The number of carbonyl (C=O) groups is 1. The minimum Gasteiger partial charge on any atom is -0.390 e. The third-order valence-corrected chi connectivity index (χ3v) is 7.07. The number of allylic oxidation sites excluding steroid dienone is 1. The van der Waals surface area contributed by atoms with Crippen molar-refractivity contribution in [2.45, 2.75) is 63.2 Å². The first-order chi connectivity index (χ1) is 14.6. The van der Waals surface area contributed by atoms with Gasteiger partial charge in [0.2, 0.25) is 5.56 Å². The normalized spacial score (nSPS) is 39.0. The fourth-order valence-electron chi connectivity index (χ4n) is 5.59. The van der Waals surface area contributed by atoms with Crippen molar-refractivity contribution in [1.29, 1.82) is 0 Å². The van der Waals surface area contributed by atoms with E-state index in [1.807, 2.05) is 0 Å². The summed E-state index contributed by atoms with van der Waals surface area (Å²) in [5, 5.41) is 19.7. The Bertz CT molecular complexity index is 914. The van der Waals surface area contributed by atoms with Gasteiger partial charge in [-0.3, -0.25) is 9.59 Å². The van der Waals surface area contributed by atoms with E-state index in [-0.39, 0.29) is 17.8 Å². The zero-order valence-corrected chi connectivity index (χ0v) is 17.0. The number of aromatic nitrogens is 1. The maximum absolute atomic E-state index is 12.7. The predicted molar refractivity (Wildman–Crippen MR) is 104 cm³/mol. The SMILES string of the molecule is CC1OC(C2=CC3C4CCC(C4)C3C2=O)CC(O)C1O.O=c1cccc(C(F)(F)F)[nH]1. The van der Waals surface area contributed by atoms with Crippen molar-refractivity contribution in [3.8, 4) is 0 Å². The van der Waals surface area contributed by atoms with Crippen LogP contribution in [0, 0.1) is 23.7 Å². The summed E-state index contributed by atoms with van der Waals surface area (Å²) in [5.41, 5.74) is -1.00. The fourth-order valence-corrected chi connectivity index (χ4v) is 5.59. The number of nitrogens with one attached hydrogen (secondary N) is 1. The first-order valence-corrected chi connectivity index (χ1v) is 10.6. The van der Waals surface area contributed by atoms with Crippen LogP contribution < -0.4 is 5.56 Å². The monoisotopic (exact) mass is 441 g/mol. The molecule has 0 spiro atoms. The smallest absolute Gasteiger partial charge is 0.390 e. The second kappa shape index (κ2) is 8.18. The zero-order chi connectivity index (χ0) is 22.5. The van der Waals surface area contributed by atoms with Crippen molar-refractivity contribution in [2.24, 2.45) is 23.7 Å². The summed E-state index contributed by atoms with van der Waals surface area (Å²) in [6, 6.07) is 2.89. The average molecular weight is 441 g/mol. The first-order valence-electron chi connectivity index (χ1n) is 10.6. The molecule has 31 heavy (non-hydrogen) atoms. The number of rotatable bonds is 1. The standard InChI is InChI=1S/C16H22O4.C6H4F3NO/c1-7-15(18)12(17)6-13(20-7)11-5-10-8-2-3-9(4-8)14(10)16(11)19;7-6(8,9)4-2-1-3-5(11)10-4/h5,7-10,12-15,17-18H,2-4,6H2,1H3;1-3H,(H,10,11). The molecule has 3 aliphatic carbocycles. The molecule has 6 nitrogen and oxygen atoms in total. The summed E-state index contributed by atoms with van der Waals surface area (Å²) in [5.74, 6) is 2.11. The number of aliphatic hydroxyl groups excluding tert-OH is 2. The summed E-state index contributed by atoms with van der Waals surface area (Å²) in [6.07, 6.45) is -0.733. The molecule has 1 aromatic rings. The lowest BCUT2D eigenvalue weighted by molar-refractivity contribution is -0.154. The Labute approximate surface area is 177 Å². The number of pyridine rings is 1. The van der Waals surface area contributed by atoms with Crippen molar-refractivity contribution < 1.29 is 32.9 Å². The largest absolute Gasteiger partial charge is 0.431 e. The molecule has 5 rings (SSSR count). The van der Waals surface area contributed by atoms with E-state index in [0.29, 0.717) is 24.2 Å². The van der Waals surface area contributed by atoms with Crippen molar-refractivity contribution in [2.75, 3.05) is 0 Å². The van der Waals surface area contributed by atoms with E-state index in [0.717, 1.165) is 23.8 Å². The minimum absolute atomic E-state index is 0.187. The van der Waals surface area contributed by atoms with Gasteiger partial charge >= 0.3 is 6.18 Å². The number of carbonyl (C=O) groups excluding carboxylic acids is 1. The third-order valence-electron chi connectivity index (χ3n) is 7.07. The van der Waals surface area contributed by atoms with E-state index < -0.39 is 35.7 Å². The second-order valence-corrected chi connectivity index (χ2v) is 8.97. The molecule has 3 N–H and O–H groups in total. The van der Waals surface area contributed by atoms with Gasteiger partial charge in [0.05, 0.1) is 18.3 Å². The molecule has 2 saturated carbocycles. The number of hydrogen-bond acceptors (Lipinski definition) is 5. The Morgan fingerprint density at radius 3 is 2.39 bits per heavy atom. The number of ether oxygens (including phenoxy) is 1. The number of ketones is 1. The number of aliphatic hydroxyl groups is 2. The predicted octanol–water partition coefficient (Wildman–Crippen LogP) is 2.45. The van der Waals surface area contributed by atoms with Gasteiger partial charge in [-0.1, -0.05) is 12.1 Å². The molecule has 0 aromatic carbocycles. The van der Waals surface area contributed by atoms with Gasteiger partial charge in [-0.05, 0) is 50.0 Å². The molecular weight excluding hydrogens is 415 g/mol. The molecular formula is C22H26F3NO5. The van der Waals surface area contributed by atoms with Crippen LogP contribution in [0.25, 0.3) is 0 Å². The van der Waals surface area contributed by atoms with Crippen molar-refractivity contribution in [3.63, 3.8) is 0 Å². The van der Waals surface area contributed by atoms with Crippen LogP contribution in [0.2, 0.25) is 0 Å². The lowest BCUT2D eigenvalue weighted by Gasteiger charge is -2.36. The molecule has 1 aromatic heterocycles. The van der Waals surface area contributed by atoms with Crippen LogP contribution in [0.1, 0.15) is 38.3 Å². The number of hydrogen-bond donors (Lipinski definition) is 3. The maximum atomic E-state index is 12.7. The van der Waals surface area contributed by atoms with Crippen LogP contribution in [0.5, 0.6) is 0 Å². The van der Waals surface area contributed by atoms with E-state index in [1.54, 1.807) is 11.9 Å². The highest BCUT2D eigenvalue weighted by molar-refractivity contribution is 6.01. The van der Waals surface area contributed by atoms with Gasteiger partial charge in [0.15, 0.2) is 5.78 Å². The lowest BCUT2D eigenvalue weighted by Crippen LogP contribution is -2.48. The maximum Gasteiger partial charge on any atom is 0.431 e. The Morgan fingerprint density at radius 1 is 1.10 bits per heavy atom. The van der Waals surface area contributed by atoms with Gasteiger partial charge in [0, 0.05) is 24.0 Å². The Kier molecular flexibility index (Phi) is 5.87. The first kappa shape index (κ1) is 22.2. The van der Waals surface area contributed by atoms with Gasteiger partial charge in [-0.2, -0.15) is 13.2 Å². The molecule has 8 unspecified atom stereocenters. The molecule has 0 radical (unpaired) electrons. The van der Waals surface area contributed by atoms with Crippen LogP contribution >= 0.6 is 0 Å².